The van der Waals surface area contributed by atoms with Crippen LogP contribution < -0.4 is 5.73 Å². The van der Waals surface area contributed by atoms with E-state index in [9.17, 15) is 0 Å². The Morgan fingerprint density at radius 1 is 1.33 bits per heavy atom. The number of nitrogens with zero attached hydrogens (tertiary/aromatic N) is 3. The van der Waals surface area contributed by atoms with Gasteiger partial charge in [-0.25, -0.2) is 9.67 Å². The van der Waals surface area contributed by atoms with Crippen molar-refractivity contribution in [2.45, 2.75) is 6.92 Å². The van der Waals surface area contributed by atoms with Gasteiger partial charge >= 0.3 is 0 Å². The molecular formula is C9H8Cl2N4. The minimum Gasteiger partial charge on any atom is -0.382 e. The maximum Gasteiger partial charge on any atom is 0.174 e. The van der Waals surface area contributed by atoms with Crippen molar-refractivity contribution in [2.75, 3.05) is 5.73 Å². The van der Waals surface area contributed by atoms with Crippen molar-refractivity contribution in [3.63, 3.8) is 0 Å². The van der Waals surface area contributed by atoms with E-state index in [0.717, 1.165) is 5.69 Å². The second-order valence-corrected chi connectivity index (χ2v) is 3.88. The zero-order valence-corrected chi connectivity index (χ0v) is 9.42. The largest absolute Gasteiger partial charge is 0.382 e. The molecule has 15 heavy (non-hydrogen) atoms. The summed E-state index contributed by atoms with van der Waals surface area (Å²) >= 11 is 11.8. The Bertz CT molecular complexity index is 507. The molecule has 0 unspecified atom stereocenters. The molecule has 2 rings (SSSR count). The third kappa shape index (κ3) is 1.91. The van der Waals surface area contributed by atoms with Gasteiger partial charge in [-0.05, 0) is 19.1 Å². The smallest absolute Gasteiger partial charge is 0.174 e. The summed E-state index contributed by atoms with van der Waals surface area (Å²) in [4.78, 5) is 4.07. The Morgan fingerprint density at radius 2 is 2.07 bits per heavy atom. The van der Waals surface area contributed by atoms with Crippen LogP contribution in [0.15, 0.2) is 18.3 Å². The van der Waals surface area contributed by atoms with Crippen LogP contribution in [0.4, 0.5) is 5.82 Å². The number of nitrogens with two attached hydrogens (primary N) is 1. The molecule has 2 N–H and O–H groups in total. The van der Waals surface area contributed by atoms with E-state index in [2.05, 4.69) is 10.1 Å². The van der Waals surface area contributed by atoms with Gasteiger partial charge in [-0.15, -0.1) is 0 Å². The third-order valence-electron chi connectivity index (χ3n) is 1.88. The van der Waals surface area contributed by atoms with Gasteiger partial charge in [0.2, 0.25) is 0 Å². The van der Waals surface area contributed by atoms with Gasteiger partial charge in [0.25, 0.3) is 0 Å². The molecule has 2 aromatic heterocycles. The van der Waals surface area contributed by atoms with Gasteiger partial charge in [0.05, 0.1) is 15.7 Å². The van der Waals surface area contributed by atoms with Crippen molar-refractivity contribution in [3.05, 3.63) is 34.1 Å². The van der Waals surface area contributed by atoms with E-state index < -0.39 is 0 Å². The van der Waals surface area contributed by atoms with Crippen LogP contribution in [0.1, 0.15) is 5.69 Å². The van der Waals surface area contributed by atoms with Crippen LogP contribution in [0.3, 0.4) is 0 Å². The van der Waals surface area contributed by atoms with E-state index in [1.807, 2.05) is 13.0 Å². The first-order valence-electron chi connectivity index (χ1n) is 4.22. The van der Waals surface area contributed by atoms with Crippen LogP contribution in [-0.4, -0.2) is 14.8 Å². The fraction of sp³-hybridized carbons (Fsp3) is 0.111. The summed E-state index contributed by atoms with van der Waals surface area (Å²) in [6.07, 6.45) is 1.76. The lowest BCUT2D eigenvalue weighted by molar-refractivity contribution is 0.834. The molecule has 0 saturated carbocycles. The fourth-order valence-corrected chi connectivity index (χ4v) is 1.61. The zero-order chi connectivity index (χ0) is 11.0. The van der Waals surface area contributed by atoms with Crippen molar-refractivity contribution >= 4 is 29.0 Å². The molecule has 0 saturated heterocycles. The van der Waals surface area contributed by atoms with Crippen LogP contribution in [0.5, 0.6) is 0 Å². The molecule has 0 aromatic carbocycles. The lowest BCUT2D eigenvalue weighted by Crippen LogP contribution is -2.02. The number of hydrogen-bond acceptors (Lipinski definition) is 3. The molecule has 0 spiro atoms. The van der Waals surface area contributed by atoms with Crippen molar-refractivity contribution in [1.29, 1.82) is 0 Å². The monoisotopic (exact) mass is 242 g/mol. The summed E-state index contributed by atoms with van der Waals surface area (Å²) in [6.45, 7) is 1.88. The van der Waals surface area contributed by atoms with Crippen LogP contribution in [0.2, 0.25) is 10.0 Å². The Labute approximate surface area is 96.6 Å². The number of halogens is 2. The summed E-state index contributed by atoms with van der Waals surface area (Å²) in [6, 6.07) is 3.40. The number of pyridine rings is 1. The lowest BCUT2D eigenvalue weighted by atomic mass is 10.4. The highest BCUT2D eigenvalue weighted by Gasteiger charge is 2.09. The van der Waals surface area contributed by atoms with E-state index in [0.29, 0.717) is 15.9 Å². The van der Waals surface area contributed by atoms with E-state index in [4.69, 9.17) is 28.9 Å². The Kier molecular flexibility index (Phi) is 2.54. The van der Waals surface area contributed by atoms with Crippen molar-refractivity contribution in [1.82, 2.24) is 14.8 Å². The van der Waals surface area contributed by atoms with E-state index in [1.165, 1.54) is 0 Å². The minimum absolute atomic E-state index is 0.240. The van der Waals surface area contributed by atoms with Gasteiger partial charge in [0, 0.05) is 6.20 Å². The van der Waals surface area contributed by atoms with Gasteiger partial charge in [-0.1, -0.05) is 23.2 Å². The maximum atomic E-state index is 5.98. The first-order chi connectivity index (χ1) is 7.08. The number of aryl methyl sites for hydroxylation is 1. The van der Waals surface area contributed by atoms with Crippen LogP contribution in [0, 0.1) is 6.92 Å². The summed E-state index contributed by atoms with van der Waals surface area (Å²) in [5.41, 5.74) is 6.47. The molecule has 0 aliphatic rings. The Hall–Kier alpha value is -1.26. The lowest BCUT2D eigenvalue weighted by Gasteiger charge is -2.05. The third-order valence-corrected chi connectivity index (χ3v) is 2.46. The highest BCUT2D eigenvalue weighted by Crippen LogP contribution is 2.25. The van der Waals surface area contributed by atoms with Gasteiger partial charge < -0.3 is 5.73 Å². The molecule has 0 bridgehead atoms. The number of hydrogen-bond donors (Lipinski definition) is 1. The highest BCUT2D eigenvalue weighted by atomic mass is 35.5. The summed E-state index contributed by atoms with van der Waals surface area (Å²) in [7, 11) is 0. The average Bonchev–Trinajstić information content (AvgIpc) is 2.58. The van der Waals surface area contributed by atoms with Gasteiger partial charge in [0.15, 0.2) is 5.82 Å². The molecule has 4 nitrogen and oxygen atoms in total. The predicted octanol–water partition coefficient (Wildman–Crippen LogP) is 2.46. The molecule has 0 aliphatic carbocycles. The van der Waals surface area contributed by atoms with E-state index in [-0.39, 0.29) is 5.82 Å². The van der Waals surface area contributed by atoms with Crippen molar-refractivity contribution in [3.8, 4) is 5.82 Å². The number of anilines is 1. The summed E-state index contributed by atoms with van der Waals surface area (Å²) in [5.74, 6) is 0.718. The molecule has 78 valence electrons. The SMILES string of the molecule is Cc1ccn(-c2nc(N)c(Cl)cc2Cl)n1. The fourth-order valence-electron chi connectivity index (χ4n) is 1.16. The molecule has 0 amide bonds. The van der Waals surface area contributed by atoms with E-state index in [1.54, 1.807) is 16.9 Å². The van der Waals surface area contributed by atoms with Gasteiger partial charge in [-0.3, -0.25) is 0 Å². The highest BCUT2D eigenvalue weighted by molar-refractivity contribution is 6.36. The number of aromatic nitrogens is 3. The van der Waals surface area contributed by atoms with Crippen molar-refractivity contribution in [2.24, 2.45) is 0 Å². The molecule has 2 heterocycles. The van der Waals surface area contributed by atoms with Crippen molar-refractivity contribution < 1.29 is 0 Å². The molecule has 0 radical (unpaired) electrons. The topological polar surface area (TPSA) is 56.7 Å². The maximum absolute atomic E-state index is 5.98. The summed E-state index contributed by atoms with van der Waals surface area (Å²) in [5, 5.41) is 4.94. The molecule has 0 aliphatic heterocycles. The average molecular weight is 243 g/mol. The van der Waals surface area contributed by atoms with Gasteiger partial charge in [-0.2, -0.15) is 5.10 Å². The molecule has 2 aromatic rings. The molecule has 0 fully saturated rings. The predicted molar refractivity (Wildman–Crippen MR) is 60.5 cm³/mol. The first-order valence-corrected chi connectivity index (χ1v) is 4.97. The van der Waals surface area contributed by atoms with Crippen LogP contribution >= 0.6 is 23.2 Å². The summed E-state index contributed by atoms with van der Waals surface area (Å²) < 4.78 is 1.56. The molecule has 6 heteroatoms. The molecular weight excluding hydrogens is 235 g/mol. The number of rotatable bonds is 1. The van der Waals surface area contributed by atoms with Crippen LogP contribution in [-0.2, 0) is 0 Å². The molecule has 0 atom stereocenters. The Balaban J connectivity index is 2.58. The normalized spacial score (nSPS) is 10.6. The van der Waals surface area contributed by atoms with Crippen LogP contribution in [0.25, 0.3) is 5.82 Å². The second kappa shape index (κ2) is 3.72. The Morgan fingerprint density at radius 3 is 2.67 bits per heavy atom. The first kappa shape index (κ1) is 10.3. The number of nitrogen functional groups attached to an aromatic ring is 1. The second-order valence-electron chi connectivity index (χ2n) is 3.06. The zero-order valence-electron chi connectivity index (χ0n) is 7.91. The standard InChI is InChI=1S/C9H8Cl2N4/c1-5-2-3-15(14-5)9-7(11)4-6(10)8(12)13-9/h2-4H,1H3,(H2,12,13). The van der Waals surface area contributed by atoms with E-state index >= 15 is 0 Å². The quantitative estimate of drug-likeness (QED) is 0.836. The minimum atomic E-state index is 0.240. The van der Waals surface area contributed by atoms with Gasteiger partial charge in [0.1, 0.15) is 5.82 Å².